The Hall–Kier alpha value is -1.86. The third-order valence-electron chi connectivity index (χ3n) is 5.71. The van der Waals surface area contributed by atoms with Gasteiger partial charge in [0.2, 0.25) is 0 Å². The maximum Gasteiger partial charge on any atom is 0.255 e. The number of hydrogen-bond acceptors (Lipinski definition) is 5. The fourth-order valence-electron chi connectivity index (χ4n) is 4.14. The Bertz CT molecular complexity index is 963. The number of fused-ring (bicyclic) bond motifs is 1. The lowest BCUT2D eigenvalue weighted by Gasteiger charge is -2.29. The molecular weight excluding hydrogens is 394 g/mol. The van der Waals surface area contributed by atoms with Crippen LogP contribution in [0.5, 0.6) is 5.75 Å². The summed E-state index contributed by atoms with van der Waals surface area (Å²) in [7, 11) is -1.46. The summed E-state index contributed by atoms with van der Waals surface area (Å²) in [6.07, 6.45) is 4.79. The predicted molar refractivity (Wildman–Crippen MR) is 111 cm³/mol. The van der Waals surface area contributed by atoms with Gasteiger partial charge in [0, 0.05) is 22.8 Å². The van der Waals surface area contributed by atoms with E-state index in [9.17, 15) is 13.2 Å². The lowest BCUT2D eigenvalue weighted by Crippen LogP contribution is -2.41. The second-order valence-corrected chi connectivity index (χ2v) is 10.8. The Morgan fingerprint density at radius 1 is 1.21 bits per heavy atom. The van der Waals surface area contributed by atoms with Gasteiger partial charge in [0.1, 0.15) is 5.75 Å². The van der Waals surface area contributed by atoms with Gasteiger partial charge in [-0.25, -0.2) is 8.42 Å². The Labute approximate surface area is 170 Å². The molecule has 1 aromatic heterocycles. The first kappa shape index (κ1) is 19.5. The number of nitrogens with zero attached hydrogens (tertiary/aromatic N) is 1. The topological polar surface area (TPSA) is 63.7 Å². The zero-order valence-corrected chi connectivity index (χ0v) is 17.7. The third kappa shape index (κ3) is 3.96. The molecule has 2 aromatic rings. The van der Waals surface area contributed by atoms with Crippen molar-refractivity contribution in [1.29, 1.82) is 0 Å². The van der Waals surface area contributed by atoms with Gasteiger partial charge in [-0.1, -0.05) is 12.1 Å². The molecule has 1 amide bonds. The van der Waals surface area contributed by atoms with Gasteiger partial charge in [-0.2, -0.15) is 0 Å². The van der Waals surface area contributed by atoms with Crippen molar-refractivity contribution in [2.24, 2.45) is 0 Å². The number of carbonyl (C=O) groups is 1. The summed E-state index contributed by atoms with van der Waals surface area (Å²) < 4.78 is 29.4. The van der Waals surface area contributed by atoms with Gasteiger partial charge in [0.25, 0.3) is 5.91 Å². The molecule has 28 heavy (non-hydrogen) atoms. The molecule has 0 bridgehead atoms. The van der Waals surface area contributed by atoms with Crippen LogP contribution in [0.25, 0.3) is 0 Å². The molecule has 1 aromatic carbocycles. The highest BCUT2D eigenvalue weighted by Crippen LogP contribution is 2.32. The van der Waals surface area contributed by atoms with Gasteiger partial charge >= 0.3 is 0 Å². The van der Waals surface area contributed by atoms with Crippen LogP contribution in [0.1, 0.15) is 45.6 Å². The average Bonchev–Trinajstić information content (AvgIpc) is 3.29. The highest BCUT2D eigenvalue weighted by Gasteiger charge is 2.36. The van der Waals surface area contributed by atoms with Gasteiger partial charge in [-0.05, 0) is 55.4 Å². The van der Waals surface area contributed by atoms with Crippen LogP contribution >= 0.6 is 11.3 Å². The van der Waals surface area contributed by atoms with Crippen molar-refractivity contribution in [3.05, 3.63) is 51.2 Å². The molecule has 1 unspecified atom stereocenters. The number of ether oxygens (including phenoxy) is 1. The van der Waals surface area contributed by atoms with E-state index >= 15 is 0 Å². The minimum atomic E-state index is -3.07. The first-order chi connectivity index (χ1) is 13.5. The quantitative estimate of drug-likeness (QED) is 0.745. The molecule has 1 fully saturated rings. The van der Waals surface area contributed by atoms with Crippen molar-refractivity contribution < 1.29 is 17.9 Å². The van der Waals surface area contributed by atoms with E-state index in [2.05, 4.69) is 0 Å². The Morgan fingerprint density at radius 3 is 2.64 bits per heavy atom. The molecule has 1 atom stereocenters. The highest BCUT2D eigenvalue weighted by atomic mass is 32.2. The van der Waals surface area contributed by atoms with Crippen LogP contribution in [-0.4, -0.2) is 43.9 Å². The number of amides is 1. The fraction of sp³-hybridized carbons (Fsp3) is 0.476. The Balaban J connectivity index is 1.64. The van der Waals surface area contributed by atoms with Crippen LogP contribution in [0.3, 0.4) is 0 Å². The van der Waals surface area contributed by atoms with E-state index < -0.39 is 9.84 Å². The van der Waals surface area contributed by atoms with Crippen LogP contribution in [0.2, 0.25) is 0 Å². The second kappa shape index (κ2) is 7.87. The molecule has 1 aliphatic heterocycles. The number of sulfone groups is 1. The summed E-state index contributed by atoms with van der Waals surface area (Å²) in [5.74, 6) is 0.946. The number of benzene rings is 1. The number of thiophene rings is 1. The molecule has 1 saturated heterocycles. The molecule has 150 valence electrons. The summed E-state index contributed by atoms with van der Waals surface area (Å²) in [5, 5.41) is 1.97. The van der Waals surface area contributed by atoms with Crippen LogP contribution in [0, 0.1) is 0 Å². The summed E-state index contributed by atoms with van der Waals surface area (Å²) in [6.45, 7) is 0.410. The molecule has 1 aliphatic carbocycles. The molecule has 2 heterocycles. The van der Waals surface area contributed by atoms with E-state index in [0.29, 0.717) is 13.0 Å². The standard InChI is InChI=1S/C21H25NO4S2/c1-26-17-8-6-15(7-9-17)12-22(16-10-11-28(24,25)14-16)21(23)19-13-27-20-5-3-2-4-18(19)20/h6-9,13,16H,2-5,10-12,14H2,1H3. The van der Waals surface area contributed by atoms with E-state index in [-0.39, 0.29) is 23.5 Å². The monoisotopic (exact) mass is 419 g/mol. The molecule has 0 N–H and O–H groups in total. The van der Waals surface area contributed by atoms with Crippen molar-refractivity contribution in [1.82, 2.24) is 4.90 Å². The summed E-state index contributed by atoms with van der Waals surface area (Å²) >= 11 is 1.67. The van der Waals surface area contributed by atoms with Crippen LogP contribution in [0.4, 0.5) is 0 Å². The molecule has 7 heteroatoms. The fourth-order valence-corrected chi connectivity index (χ4v) is 6.99. The smallest absolute Gasteiger partial charge is 0.255 e. The van der Waals surface area contributed by atoms with Crippen LogP contribution < -0.4 is 4.74 Å². The molecule has 0 saturated carbocycles. The lowest BCUT2D eigenvalue weighted by atomic mass is 9.95. The Morgan fingerprint density at radius 2 is 1.96 bits per heavy atom. The molecule has 0 radical (unpaired) electrons. The molecule has 0 spiro atoms. The highest BCUT2D eigenvalue weighted by molar-refractivity contribution is 7.91. The largest absolute Gasteiger partial charge is 0.497 e. The van der Waals surface area contributed by atoms with Gasteiger partial charge < -0.3 is 9.64 Å². The van der Waals surface area contributed by atoms with Crippen molar-refractivity contribution in [3.63, 3.8) is 0 Å². The van der Waals surface area contributed by atoms with Crippen molar-refractivity contribution >= 4 is 27.1 Å². The SMILES string of the molecule is COc1ccc(CN(C(=O)c2csc3c2CCCC3)C2CCS(=O)(=O)C2)cc1. The third-order valence-corrected chi connectivity index (χ3v) is 8.55. The molecular formula is C21H25NO4S2. The zero-order valence-electron chi connectivity index (χ0n) is 16.0. The maximum absolute atomic E-state index is 13.5. The van der Waals surface area contributed by atoms with E-state index in [0.717, 1.165) is 36.1 Å². The van der Waals surface area contributed by atoms with Gasteiger partial charge in [0.15, 0.2) is 9.84 Å². The van der Waals surface area contributed by atoms with E-state index in [1.54, 1.807) is 23.3 Å². The normalized spacial score (nSPS) is 20.5. The van der Waals surface area contributed by atoms with Gasteiger partial charge in [-0.3, -0.25) is 4.79 Å². The number of carbonyl (C=O) groups excluding carboxylic acids is 1. The number of rotatable bonds is 5. The number of aryl methyl sites for hydroxylation is 1. The first-order valence-electron chi connectivity index (χ1n) is 9.70. The maximum atomic E-state index is 13.5. The minimum absolute atomic E-state index is 0.0303. The van der Waals surface area contributed by atoms with E-state index in [1.165, 1.54) is 16.9 Å². The zero-order chi connectivity index (χ0) is 19.7. The molecule has 5 nitrogen and oxygen atoms in total. The molecule has 2 aliphatic rings. The van der Waals surface area contributed by atoms with Crippen molar-refractivity contribution in [2.75, 3.05) is 18.6 Å². The van der Waals surface area contributed by atoms with Gasteiger partial charge in [0.05, 0.1) is 24.2 Å². The van der Waals surface area contributed by atoms with Crippen molar-refractivity contribution in [2.45, 2.75) is 44.7 Å². The van der Waals surface area contributed by atoms with Gasteiger partial charge in [-0.15, -0.1) is 11.3 Å². The second-order valence-electron chi connectivity index (χ2n) is 7.60. The van der Waals surface area contributed by atoms with Crippen molar-refractivity contribution in [3.8, 4) is 5.75 Å². The summed E-state index contributed by atoms with van der Waals surface area (Å²) in [5.41, 5.74) is 2.93. The predicted octanol–water partition coefficient (Wildman–Crippen LogP) is 3.47. The summed E-state index contributed by atoms with van der Waals surface area (Å²) in [6, 6.07) is 7.35. The van der Waals surface area contributed by atoms with Crippen LogP contribution in [0.15, 0.2) is 29.6 Å². The summed E-state index contributed by atoms with van der Waals surface area (Å²) in [4.78, 5) is 16.6. The van der Waals surface area contributed by atoms with Crippen LogP contribution in [-0.2, 0) is 29.2 Å². The minimum Gasteiger partial charge on any atom is -0.497 e. The average molecular weight is 420 g/mol. The van der Waals surface area contributed by atoms with E-state index in [4.69, 9.17) is 4.74 Å². The van der Waals surface area contributed by atoms with E-state index in [1.807, 2.05) is 29.6 Å². The lowest BCUT2D eigenvalue weighted by molar-refractivity contribution is 0.0680. The Kier molecular flexibility index (Phi) is 5.47. The number of hydrogen-bond donors (Lipinski definition) is 0. The first-order valence-corrected chi connectivity index (χ1v) is 12.4. The molecule has 4 rings (SSSR count). The number of methoxy groups -OCH3 is 1.